The van der Waals surface area contributed by atoms with Crippen molar-refractivity contribution >= 4 is 20.9 Å². The van der Waals surface area contributed by atoms with E-state index in [0.717, 1.165) is 54.9 Å². The van der Waals surface area contributed by atoms with Gasteiger partial charge >= 0.3 is 0 Å². The molecule has 124 valence electrons. The molecule has 0 radical (unpaired) electrons. The molecule has 1 fully saturated rings. The van der Waals surface area contributed by atoms with Crippen molar-refractivity contribution in [3.63, 3.8) is 0 Å². The SMILES string of the molecule is Cc1nc2ccccc2nc1CN1CCC[C@@H](CS(C)(=O)=O)C1. The molecule has 1 aromatic heterocycles. The minimum atomic E-state index is -2.91. The fourth-order valence-electron chi connectivity index (χ4n) is 3.35. The summed E-state index contributed by atoms with van der Waals surface area (Å²) in [6, 6.07) is 7.89. The van der Waals surface area contributed by atoms with E-state index in [4.69, 9.17) is 4.98 Å². The van der Waals surface area contributed by atoms with Crippen LogP contribution < -0.4 is 0 Å². The van der Waals surface area contributed by atoms with Gasteiger partial charge < -0.3 is 0 Å². The second-order valence-electron chi connectivity index (χ2n) is 6.58. The second kappa shape index (κ2) is 6.53. The van der Waals surface area contributed by atoms with Gasteiger partial charge in [-0.3, -0.25) is 4.90 Å². The number of piperidine rings is 1. The van der Waals surface area contributed by atoms with E-state index in [2.05, 4.69) is 9.88 Å². The van der Waals surface area contributed by atoms with Crippen LogP contribution in [0, 0.1) is 12.8 Å². The van der Waals surface area contributed by atoms with Crippen LogP contribution in [0.15, 0.2) is 24.3 Å². The van der Waals surface area contributed by atoms with Crippen LogP contribution in [0.5, 0.6) is 0 Å². The third-order valence-corrected chi connectivity index (χ3v) is 5.43. The first-order valence-electron chi connectivity index (χ1n) is 8.03. The number of hydrogen-bond donors (Lipinski definition) is 0. The third-order valence-electron chi connectivity index (χ3n) is 4.36. The van der Waals surface area contributed by atoms with Crippen molar-refractivity contribution in [1.82, 2.24) is 14.9 Å². The van der Waals surface area contributed by atoms with E-state index >= 15 is 0 Å². The lowest BCUT2D eigenvalue weighted by atomic mass is 10.00. The third kappa shape index (κ3) is 4.26. The van der Waals surface area contributed by atoms with Crippen molar-refractivity contribution in [2.24, 2.45) is 5.92 Å². The van der Waals surface area contributed by atoms with Gasteiger partial charge in [0.15, 0.2) is 0 Å². The summed E-state index contributed by atoms with van der Waals surface area (Å²) in [6.45, 7) is 4.55. The van der Waals surface area contributed by atoms with Crippen molar-refractivity contribution in [3.8, 4) is 0 Å². The molecule has 1 aliphatic rings. The topological polar surface area (TPSA) is 63.2 Å². The molecule has 0 N–H and O–H groups in total. The smallest absolute Gasteiger partial charge is 0.147 e. The molecular weight excluding hydrogens is 310 g/mol. The maximum atomic E-state index is 11.5. The molecule has 1 aliphatic heterocycles. The number of rotatable bonds is 4. The number of fused-ring (bicyclic) bond motifs is 1. The van der Waals surface area contributed by atoms with Gasteiger partial charge in [0.1, 0.15) is 9.84 Å². The van der Waals surface area contributed by atoms with Crippen LogP contribution in [-0.4, -0.2) is 48.4 Å². The van der Waals surface area contributed by atoms with Crippen LogP contribution in [0.25, 0.3) is 11.0 Å². The molecule has 0 spiro atoms. The number of sulfone groups is 1. The molecule has 3 rings (SSSR count). The molecule has 0 unspecified atom stereocenters. The van der Waals surface area contributed by atoms with Gasteiger partial charge in [0.25, 0.3) is 0 Å². The van der Waals surface area contributed by atoms with Crippen molar-refractivity contribution < 1.29 is 8.42 Å². The summed E-state index contributed by atoms with van der Waals surface area (Å²) in [7, 11) is -2.91. The predicted molar refractivity (Wildman–Crippen MR) is 92.0 cm³/mol. The number of hydrogen-bond acceptors (Lipinski definition) is 5. The molecule has 6 heteroatoms. The zero-order valence-corrected chi connectivity index (χ0v) is 14.5. The summed E-state index contributed by atoms with van der Waals surface area (Å²) in [5.41, 5.74) is 3.78. The zero-order chi connectivity index (χ0) is 16.4. The van der Waals surface area contributed by atoms with Gasteiger partial charge in [-0.1, -0.05) is 12.1 Å². The Kier molecular flexibility index (Phi) is 4.64. The van der Waals surface area contributed by atoms with Crippen LogP contribution in [0.3, 0.4) is 0 Å². The minimum Gasteiger partial charge on any atom is -0.297 e. The lowest BCUT2D eigenvalue weighted by Crippen LogP contribution is -2.38. The Hall–Kier alpha value is -1.53. The highest BCUT2D eigenvalue weighted by atomic mass is 32.2. The Bertz CT molecular complexity index is 805. The highest BCUT2D eigenvalue weighted by molar-refractivity contribution is 7.90. The second-order valence-corrected chi connectivity index (χ2v) is 8.77. The average molecular weight is 333 g/mol. The molecule has 1 aromatic carbocycles. The molecule has 0 amide bonds. The fraction of sp³-hybridized carbons (Fsp3) is 0.529. The molecule has 2 aromatic rings. The first-order valence-corrected chi connectivity index (χ1v) is 10.1. The van der Waals surface area contributed by atoms with E-state index in [1.165, 1.54) is 6.26 Å². The summed E-state index contributed by atoms with van der Waals surface area (Å²) < 4.78 is 23.0. The number of aromatic nitrogens is 2. The zero-order valence-electron chi connectivity index (χ0n) is 13.7. The van der Waals surface area contributed by atoms with Crippen LogP contribution in [0.1, 0.15) is 24.2 Å². The van der Waals surface area contributed by atoms with Gasteiger partial charge in [0.2, 0.25) is 0 Å². The predicted octanol–water partition coefficient (Wildman–Crippen LogP) is 2.19. The van der Waals surface area contributed by atoms with E-state index < -0.39 is 9.84 Å². The maximum absolute atomic E-state index is 11.5. The van der Waals surface area contributed by atoms with Crippen LogP contribution in [0.4, 0.5) is 0 Å². The Morgan fingerprint density at radius 3 is 2.61 bits per heavy atom. The molecule has 5 nitrogen and oxygen atoms in total. The van der Waals surface area contributed by atoms with Crippen molar-refractivity contribution in [1.29, 1.82) is 0 Å². The number of aryl methyl sites for hydroxylation is 1. The largest absolute Gasteiger partial charge is 0.297 e. The Labute approximate surface area is 137 Å². The Morgan fingerprint density at radius 2 is 1.91 bits per heavy atom. The molecule has 2 heterocycles. The molecule has 23 heavy (non-hydrogen) atoms. The van der Waals surface area contributed by atoms with E-state index in [9.17, 15) is 8.42 Å². The molecule has 1 saturated heterocycles. The van der Waals surface area contributed by atoms with E-state index in [1.54, 1.807) is 0 Å². The highest BCUT2D eigenvalue weighted by Gasteiger charge is 2.24. The summed E-state index contributed by atoms with van der Waals surface area (Å²) >= 11 is 0. The lowest BCUT2D eigenvalue weighted by molar-refractivity contribution is 0.175. The maximum Gasteiger partial charge on any atom is 0.147 e. The van der Waals surface area contributed by atoms with Crippen LogP contribution >= 0.6 is 0 Å². The Balaban J connectivity index is 1.75. The van der Waals surface area contributed by atoms with Gasteiger partial charge in [-0.05, 0) is 44.4 Å². The molecule has 0 saturated carbocycles. The van der Waals surface area contributed by atoms with Crippen LogP contribution in [-0.2, 0) is 16.4 Å². The highest BCUT2D eigenvalue weighted by Crippen LogP contribution is 2.21. The number of likely N-dealkylation sites (tertiary alicyclic amines) is 1. The first-order chi connectivity index (χ1) is 10.9. The van der Waals surface area contributed by atoms with E-state index in [-0.39, 0.29) is 11.7 Å². The van der Waals surface area contributed by atoms with Gasteiger partial charge in [-0.25, -0.2) is 18.4 Å². The molecular formula is C17H23N3O2S. The van der Waals surface area contributed by atoms with Gasteiger partial charge in [-0.2, -0.15) is 0 Å². The number of nitrogens with zero attached hydrogens (tertiary/aromatic N) is 3. The summed E-state index contributed by atoms with van der Waals surface area (Å²) in [4.78, 5) is 11.7. The monoisotopic (exact) mass is 333 g/mol. The molecule has 0 bridgehead atoms. The molecule has 1 atom stereocenters. The Morgan fingerprint density at radius 1 is 1.22 bits per heavy atom. The van der Waals surface area contributed by atoms with E-state index in [0.29, 0.717) is 0 Å². The van der Waals surface area contributed by atoms with E-state index in [1.807, 2.05) is 31.2 Å². The van der Waals surface area contributed by atoms with Crippen molar-refractivity contribution in [2.45, 2.75) is 26.3 Å². The number of benzene rings is 1. The van der Waals surface area contributed by atoms with Gasteiger partial charge in [0, 0.05) is 19.3 Å². The average Bonchev–Trinajstić information content (AvgIpc) is 2.46. The van der Waals surface area contributed by atoms with Crippen molar-refractivity contribution in [2.75, 3.05) is 25.1 Å². The number of para-hydroxylation sites is 2. The normalized spacial score (nSPS) is 20.0. The van der Waals surface area contributed by atoms with Gasteiger partial charge in [-0.15, -0.1) is 0 Å². The first kappa shape index (κ1) is 16.3. The van der Waals surface area contributed by atoms with Crippen LogP contribution in [0.2, 0.25) is 0 Å². The van der Waals surface area contributed by atoms with Gasteiger partial charge in [0.05, 0.1) is 28.2 Å². The quantitative estimate of drug-likeness (QED) is 0.858. The van der Waals surface area contributed by atoms with Crippen molar-refractivity contribution in [3.05, 3.63) is 35.7 Å². The molecule has 0 aliphatic carbocycles. The fourth-order valence-corrected chi connectivity index (χ4v) is 4.47. The minimum absolute atomic E-state index is 0.229. The summed E-state index contributed by atoms with van der Waals surface area (Å²) in [5, 5.41) is 0. The summed E-state index contributed by atoms with van der Waals surface area (Å²) in [5.74, 6) is 0.513. The standard InChI is InChI=1S/C17H23N3O2S/c1-13-17(19-16-8-4-3-7-15(16)18-13)11-20-9-5-6-14(10-20)12-23(2,21)22/h3-4,7-8,14H,5-6,9-12H2,1-2H3/t14-/m1/s1. The lowest BCUT2D eigenvalue weighted by Gasteiger charge is -2.32. The summed E-state index contributed by atoms with van der Waals surface area (Å²) in [6.07, 6.45) is 3.36.